The second kappa shape index (κ2) is 6.99. The van der Waals surface area contributed by atoms with Crippen LogP contribution in [0.2, 0.25) is 0 Å². The van der Waals surface area contributed by atoms with Crippen molar-refractivity contribution in [2.45, 2.75) is 26.3 Å². The zero-order valence-corrected chi connectivity index (χ0v) is 15.4. The van der Waals surface area contributed by atoms with Gasteiger partial charge in [0, 0.05) is 37.0 Å². The summed E-state index contributed by atoms with van der Waals surface area (Å²) in [5, 5.41) is 0. The first-order chi connectivity index (χ1) is 12.6. The number of piperidine rings is 1. The van der Waals surface area contributed by atoms with Gasteiger partial charge in [0.25, 0.3) is 11.5 Å². The highest BCUT2D eigenvalue weighted by Crippen LogP contribution is 2.23. The second-order valence-electron chi connectivity index (χ2n) is 6.80. The van der Waals surface area contributed by atoms with Crippen LogP contribution in [0.25, 0.3) is 10.2 Å². The van der Waals surface area contributed by atoms with Crippen molar-refractivity contribution in [1.29, 1.82) is 0 Å². The van der Waals surface area contributed by atoms with E-state index >= 15 is 0 Å². The smallest absolute Gasteiger partial charge is 0.256 e. The van der Waals surface area contributed by atoms with E-state index in [4.69, 9.17) is 0 Å². The molecule has 1 saturated heterocycles. The lowest BCUT2D eigenvalue weighted by molar-refractivity contribution is 0.0682. The SMILES string of the molecule is Cc1cncn(CC2CCN(C(=O)c3ccc4ncsc4c3)CC2)c1=O. The van der Waals surface area contributed by atoms with Crippen molar-refractivity contribution in [3.05, 3.63) is 57.7 Å². The number of thiazole rings is 1. The fraction of sp³-hybridized carbons (Fsp3) is 0.368. The first kappa shape index (κ1) is 16.9. The maximum atomic E-state index is 12.8. The van der Waals surface area contributed by atoms with Crippen LogP contribution in [0.3, 0.4) is 0 Å². The molecule has 26 heavy (non-hydrogen) atoms. The van der Waals surface area contributed by atoms with Gasteiger partial charge >= 0.3 is 0 Å². The molecule has 2 aromatic heterocycles. The number of nitrogens with zero attached hydrogens (tertiary/aromatic N) is 4. The molecule has 134 valence electrons. The molecule has 3 aromatic rings. The minimum atomic E-state index is 0.0244. The number of carbonyl (C=O) groups is 1. The summed E-state index contributed by atoms with van der Waals surface area (Å²) in [4.78, 5) is 35.2. The monoisotopic (exact) mass is 368 g/mol. The topological polar surface area (TPSA) is 68.1 Å². The lowest BCUT2D eigenvalue weighted by atomic mass is 9.96. The molecule has 1 amide bonds. The van der Waals surface area contributed by atoms with E-state index in [1.807, 2.05) is 23.1 Å². The van der Waals surface area contributed by atoms with Gasteiger partial charge in [0.15, 0.2) is 0 Å². The standard InChI is InChI=1S/C19H20N4O2S/c1-13-9-20-11-23(18(13)24)10-14-4-6-22(7-5-14)19(25)15-2-3-16-17(8-15)26-12-21-16/h2-3,8-9,11-12,14H,4-7,10H2,1H3. The molecule has 0 spiro atoms. The van der Waals surface area contributed by atoms with Crippen molar-refractivity contribution in [3.8, 4) is 0 Å². The van der Waals surface area contributed by atoms with Crippen LogP contribution < -0.4 is 5.56 Å². The average molecular weight is 368 g/mol. The van der Waals surface area contributed by atoms with Gasteiger partial charge in [-0.25, -0.2) is 9.97 Å². The van der Waals surface area contributed by atoms with E-state index in [1.54, 1.807) is 40.9 Å². The number of fused-ring (bicyclic) bond motifs is 1. The van der Waals surface area contributed by atoms with Gasteiger partial charge < -0.3 is 4.90 Å². The first-order valence-electron chi connectivity index (χ1n) is 8.75. The molecular formula is C19H20N4O2S. The van der Waals surface area contributed by atoms with Crippen LogP contribution in [0.15, 0.2) is 41.0 Å². The maximum Gasteiger partial charge on any atom is 0.256 e. The first-order valence-corrected chi connectivity index (χ1v) is 9.63. The zero-order chi connectivity index (χ0) is 18.1. The molecule has 0 saturated carbocycles. The Balaban J connectivity index is 1.40. The lowest BCUT2D eigenvalue weighted by Gasteiger charge is -2.32. The van der Waals surface area contributed by atoms with Gasteiger partial charge in [-0.1, -0.05) is 0 Å². The third kappa shape index (κ3) is 3.26. The van der Waals surface area contributed by atoms with Crippen molar-refractivity contribution in [2.24, 2.45) is 5.92 Å². The molecule has 4 rings (SSSR count). The summed E-state index contributed by atoms with van der Waals surface area (Å²) in [5.41, 5.74) is 4.14. The Morgan fingerprint density at radius 1 is 1.31 bits per heavy atom. The molecule has 0 bridgehead atoms. The Bertz CT molecular complexity index is 1000. The number of aryl methyl sites for hydroxylation is 1. The van der Waals surface area contributed by atoms with E-state index in [1.165, 1.54) is 0 Å². The molecule has 0 radical (unpaired) electrons. The number of amides is 1. The highest BCUT2D eigenvalue weighted by molar-refractivity contribution is 7.16. The summed E-state index contributed by atoms with van der Waals surface area (Å²) in [7, 11) is 0. The van der Waals surface area contributed by atoms with Crippen molar-refractivity contribution in [3.63, 3.8) is 0 Å². The third-order valence-corrected chi connectivity index (χ3v) is 5.80. The largest absolute Gasteiger partial charge is 0.339 e. The van der Waals surface area contributed by atoms with Gasteiger partial charge in [-0.3, -0.25) is 14.2 Å². The van der Waals surface area contributed by atoms with Crippen LogP contribution in [0.1, 0.15) is 28.8 Å². The summed E-state index contributed by atoms with van der Waals surface area (Å²) in [5.74, 6) is 0.470. The van der Waals surface area contributed by atoms with E-state index in [-0.39, 0.29) is 11.5 Å². The van der Waals surface area contributed by atoms with Crippen LogP contribution in [0.5, 0.6) is 0 Å². The Morgan fingerprint density at radius 2 is 2.12 bits per heavy atom. The molecule has 0 atom stereocenters. The van der Waals surface area contributed by atoms with Crippen molar-refractivity contribution >= 4 is 27.5 Å². The quantitative estimate of drug-likeness (QED) is 0.713. The molecular weight excluding hydrogens is 348 g/mol. The second-order valence-corrected chi connectivity index (χ2v) is 7.69. The Labute approximate surface area is 155 Å². The van der Waals surface area contributed by atoms with E-state index in [0.29, 0.717) is 18.0 Å². The molecule has 1 aliphatic heterocycles. The number of benzene rings is 1. The van der Waals surface area contributed by atoms with Crippen molar-refractivity contribution in [2.75, 3.05) is 13.1 Å². The number of carbonyl (C=O) groups excluding carboxylic acids is 1. The summed E-state index contributed by atoms with van der Waals surface area (Å²) in [6.07, 6.45) is 5.00. The predicted octanol–water partition coefficient (Wildman–Crippen LogP) is 2.71. The summed E-state index contributed by atoms with van der Waals surface area (Å²) < 4.78 is 2.73. The molecule has 0 unspecified atom stereocenters. The number of likely N-dealkylation sites (tertiary alicyclic amines) is 1. The predicted molar refractivity (Wildman–Crippen MR) is 101 cm³/mol. The van der Waals surface area contributed by atoms with Gasteiger partial charge in [-0.15, -0.1) is 11.3 Å². The minimum Gasteiger partial charge on any atom is -0.339 e. The molecule has 6 nitrogen and oxygen atoms in total. The number of aromatic nitrogens is 3. The normalized spacial score (nSPS) is 15.5. The lowest BCUT2D eigenvalue weighted by Crippen LogP contribution is -2.40. The van der Waals surface area contributed by atoms with Crippen molar-refractivity contribution < 1.29 is 4.79 Å². The van der Waals surface area contributed by atoms with Gasteiger partial charge in [-0.2, -0.15) is 0 Å². The Morgan fingerprint density at radius 3 is 2.92 bits per heavy atom. The zero-order valence-electron chi connectivity index (χ0n) is 14.6. The molecule has 1 fully saturated rings. The third-order valence-electron chi connectivity index (χ3n) is 5.01. The van der Waals surface area contributed by atoms with Gasteiger partial charge in [0.1, 0.15) is 0 Å². The molecule has 0 N–H and O–H groups in total. The van der Waals surface area contributed by atoms with Gasteiger partial charge in [0.05, 0.1) is 22.1 Å². The van der Waals surface area contributed by atoms with Crippen LogP contribution in [-0.2, 0) is 6.54 Å². The van der Waals surface area contributed by atoms with Crippen molar-refractivity contribution in [1.82, 2.24) is 19.4 Å². The van der Waals surface area contributed by atoms with E-state index in [0.717, 1.165) is 41.7 Å². The minimum absolute atomic E-state index is 0.0244. The molecule has 3 heterocycles. The number of hydrogen-bond donors (Lipinski definition) is 0. The summed E-state index contributed by atoms with van der Waals surface area (Å²) >= 11 is 1.55. The van der Waals surface area contributed by atoms with Gasteiger partial charge in [-0.05, 0) is 43.9 Å². The van der Waals surface area contributed by atoms with E-state index < -0.39 is 0 Å². The van der Waals surface area contributed by atoms with Crippen LogP contribution in [-0.4, -0.2) is 38.4 Å². The number of hydrogen-bond acceptors (Lipinski definition) is 5. The highest BCUT2D eigenvalue weighted by atomic mass is 32.1. The molecule has 7 heteroatoms. The highest BCUT2D eigenvalue weighted by Gasteiger charge is 2.24. The summed E-state index contributed by atoms with van der Waals surface area (Å²) in [6.45, 7) is 3.89. The molecule has 0 aliphatic carbocycles. The van der Waals surface area contributed by atoms with Crippen LogP contribution >= 0.6 is 11.3 Å². The fourth-order valence-electron chi connectivity index (χ4n) is 3.46. The average Bonchev–Trinajstić information content (AvgIpc) is 3.13. The summed E-state index contributed by atoms with van der Waals surface area (Å²) in [6, 6.07) is 5.69. The fourth-order valence-corrected chi connectivity index (χ4v) is 4.17. The Kier molecular flexibility index (Phi) is 4.55. The van der Waals surface area contributed by atoms with Crippen LogP contribution in [0.4, 0.5) is 0 Å². The molecule has 1 aromatic carbocycles. The Hall–Kier alpha value is -2.54. The molecule has 1 aliphatic rings. The number of rotatable bonds is 3. The van der Waals surface area contributed by atoms with Gasteiger partial charge in [0.2, 0.25) is 0 Å². The van der Waals surface area contributed by atoms with E-state index in [2.05, 4.69) is 9.97 Å². The van der Waals surface area contributed by atoms with E-state index in [9.17, 15) is 9.59 Å². The van der Waals surface area contributed by atoms with Crippen LogP contribution in [0, 0.1) is 12.8 Å². The maximum absolute atomic E-state index is 12.8.